The summed E-state index contributed by atoms with van der Waals surface area (Å²) in [6.07, 6.45) is -6.87. The summed E-state index contributed by atoms with van der Waals surface area (Å²) in [5, 5.41) is 60.3. The SMILES string of the molecule is OC1CCC(OCC2CC(OCCc3ccccc3)C(O)C(O)C2O)C(O)C1O. The van der Waals surface area contributed by atoms with Crippen molar-refractivity contribution in [3.05, 3.63) is 35.9 Å². The van der Waals surface area contributed by atoms with Crippen molar-refractivity contribution < 1.29 is 40.1 Å². The number of ether oxygens (including phenoxy) is 2. The lowest BCUT2D eigenvalue weighted by Gasteiger charge is -2.41. The van der Waals surface area contributed by atoms with Gasteiger partial charge in [0.25, 0.3) is 0 Å². The molecule has 1 aromatic rings. The van der Waals surface area contributed by atoms with E-state index in [9.17, 15) is 30.6 Å². The minimum Gasteiger partial charge on any atom is -0.390 e. The van der Waals surface area contributed by atoms with Crippen molar-refractivity contribution in [2.24, 2.45) is 5.92 Å². The Kier molecular flexibility index (Phi) is 8.00. The van der Waals surface area contributed by atoms with Crippen molar-refractivity contribution in [3.63, 3.8) is 0 Å². The van der Waals surface area contributed by atoms with Gasteiger partial charge < -0.3 is 40.1 Å². The third kappa shape index (κ3) is 5.53. The Morgan fingerprint density at radius 2 is 1.41 bits per heavy atom. The zero-order valence-electron chi connectivity index (χ0n) is 16.3. The van der Waals surface area contributed by atoms with Crippen LogP contribution < -0.4 is 0 Å². The van der Waals surface area contributed by atoms with E-state index in [1.807, 2.05) is 30.3 Å². The molecule has 0 aromatic heterocycles. The lowest BCUT2D eigenvalue weighted by Crippen LogP contribution is -2.56. The molecule has 0 aliphatic heterocycles. The van der Waals surface area contributed by atoms with Gasteiger partial charge in [-0.05, 0) is 31.2 Å². The monoisotopic (exact) mass is 412 g/mol. The van der Waals surface area contributed by atoms with Gasteiger partial charge in [-0.2, -0.15) is 0 Å². The molecule has 29 heavy (non-hydrogen) atoms. The molecule has 0 radical (unpaired) electrons. The molecule has 8 nitrogen and oxygen atoms in total. The molecule has 2 aliphatic rings. The second kappa shape index (κ2) is 10.3. The van der Waals surface area contributed by atoms with Crippen LogP contribution in [0.2, 0.25) is 0 Å². The van der Waals surface area contributed by atoms with Crippen LogP contribution in [0.4, 0.5) is 0 Å². The van der Waals surface area contributed by atoms with Gasteiger partial charge in [0.05, 0.1) is 37.6 Å². The second-order valence-corrected chi connectivity index (χ2v) is 8.11. The van der Waals surface area contributed by atoms with E-state index >= 15 is 0 Å². The summed E-state index contributed by atoms with van der Waals surface area (Å²) in [5.41, 5.74) is 1.10. The molecule has 9 atom stereocenters. The van der Waals surface area contributed by atoms with Crippen LogP contribution in [0.1, 0.15) is 24.8 Å². The number of hydrogen-bond donors (Lipinski definition) is 6. The lowest BCUT2D eigenvalue weighted by molar-refractivity contribution is -0.195. The highest BCUT2D eigenvalue weighted by molar-refractivity contribution is 5.14. The number of benzene rings is 1. The molecule has 2 aliphatic carbocycles. The minimum atomic E-state index is -1.36. The van der Waals surface area contributed by atoms with Crippen LogP contribution in [0.15, 0.2) is 30.3 Å². The van der Waals surface area contributed by atoms with Gasteiger partial charge in [-0.1, -0.05) is 30.3 Å². The molecule has 0 bridgehead atoms. The molecule has 8 heteroatoms. The summed E-state index contributed by atoms with van der Waals surface area (Å²) in [5.74, 6) is -0.494. The van der Waals surface area contributed by atoms with E-state index in [-0.39, 0.29) is 6.61 Å². The van der Waals surface area contributed by atoms with Gasteiger partial charge in [-0.3, -0.25) is 0 Å². The highest BCUT2D eigenvalue weighted by Crippen LogP contribution is 2.30. The van der Waals surface area contributed by atoms with E-state index in [0.29, 0.717) is 32.3 Å². The maximum absolute atomic E-state index is 10.3. The van der Waals surface area contributed by atoms with Crippen LogP contribution in [0, 0.1) is 5.92 Å². The number of rotatable bonds is 7. The quantitative estimate of drug-likeness (QED) is 0.334. The first kappa shape index (κ1) is 22.6. The van der Waals surface area contributed by atoms with Gasteiger partial charge in [-0.25, -0.2) is 0 Å². The molecular formula is C21H32O8. The fraction of sp³-hybridized carbons (Fsp3) is 0.714. The summed E-state index contributed by atoms with van der Waals surface area (Å²) < 4.78 is 11.5. The normalized spacial score (nSPS) is 40.7. The molecule has 0 amide bonds. The third-order valence-electron chi connectivity index (χ3n) is 6.06. The number of aliphatic hydroxyl groups is 6. The second-order valence-electron chi connectivity index (χ2n) is 8.11. The molecule has 3 rings (SSSR count). The topological polar surface area (TPSA) is 140 Å². The minimum absolute atomic E-state index is 0.0357. The predicted octanol–water partition coefficient (Wildman–Crippen LogP) is -1.02. The largest absolute Gasteiger partial charge is 0.390 e. The van der Waals surface area contributed by atoms with Crippen LogP contribution in [0.3, 0.4) is 0 Å². The Morgan fingerprint density at radius 1 is 0.724 bits per heavy atom. The van der Waals surface area contributed by atoms with Crippen molar-refractivity contribution in [1.29, 1.82) is 0 Å². The Labute approximate surface area is 170 Å². The van der Waals surface area contributed by atoms with Crippen LogP contribution in [-0.4, -0.2) is 92.7 Å². The highest BCUT2D eigenvalue weighted by atomic mass is 16.5. The molecule has 9 unspecified atom stereocenters. The van der Waals surface area contributed by atoms with E-state index < -0.39 is 54.7 Å². The molecule has 0 spiro atoms. The van der Waals surface area contributed by atoms with Crippen molar-refractivity contribution in [2.75, 3.05) is 13.2 Å². The third-order valence-corrected chi connectivity index (χ3v) is 6.06. The molecule has 6 N–H and O–H groups in total. The Hall–Kier alpha value is -1.10. The van der Waals surface area contributed by atoms with Gasteiger partial charge in [-0.15, -0.1) is 0 Å². The molecule has 0 heterocycles. The summed E-state index contributed by atoms with van der Waals surface area (Å²) in [4.78, 5) is 0. The van der Waals surface area contributed by atoms with Crippen molar-refractivity contribution in [1.82, 2.24) is 0 Å². The van der Waals surface area contributed by atoms with E-state index in [0.717, 1.165) is 5.56 Å². The molecule has 2 saturated carbocycles. The van der Waals surface area contributed by atoms with Crippen molar-refractivity contribution in [2.45, 2.75) is 74.5 Å². The van der Waals surface area contributed by atoms with Crippen LogP contribution >= 0.6 is 0 Å². The zero-order valence-corrected chi connectivity index (χ0v) is 16.3. The van der Waals surface area contributed by atoms with E-state index in [4.69, 9.17) is 9.47 Å². The maximum atomic E-state index is 10.3. The average Bonchev–Trinajstić information content (AvgIpc) is 2.73. The van der Waals surface area contributed by atoms with Gasteiger partial charge >= 0.3 is 0 Å². The summed E-state index contributed by atoms with van der Waals surface area (Å²) >= 11 is 0. The predicted molar refractivity (Wildman–Crippen MR) is 103 cm³/mol. The van der Waals surface area contributed by atoms with E-state index in [1.165, 1.54) is 0 Å². The van der Waals surface area contributed by atoms with Crippen LogP contribution in [-0.2, 0) is 15.9 Å². The lowest BCUT2D eigenvalue weighted by atomic mass is 9.81. The molecule has 0 saturated heterocycles. The molecule has 2 fully saturated rings. The van der Waals surface area contributed by atoms with Crippen LogP contribution in [0.25, 0.3) is 0 Å². The van der Waals surface area contributed by atoms with Gasteiger partial charge in [0, 0.05) is 5.92 Å². The first-order chi connectivity index (χ1) is 13.9. The maximum Gasteiger partial charge on any atom is 0.109 e. The average molecular weight is 412 g/mol. The molecule has 164 valence electrons. The molecule has 1 aromatic carbocycles. The summed E-state index contributed by atoms with van der Waals surface area (Å²) in [7, 11) is 0. The van der Waals surface area contributed by atoms with E-state index in [2.05, 4.69) is 0 Å². The van der Waals surface area contributed by atoms with Crippen molar-refractivity contribution in [3.8, 4) is 0 Å². The summed E-state index contributed by atoms with van der Waals surface area (Å²) in [6, 6.07) is 9.77. The van der Waals surface area contributed by atoms with Gasteiger partial charge in [0.1, 0.15) is 24.4 Å². The first-order valence-electron chi connectivity index (χ1n) is 10.2. The van der Waals surface area contributed by atoms with Crippen molar-refractivity contribution >= 4 is 0 Å². The van der Waals surface area contributed by atoms with E-state index in [1.54, 1.807) is 0 Å². The first-order valence-corrected chi connectivity index (χ1v) is 10.2. The smallest absolute Gasteiger partial charge is 0.109 e. The Balaban J connectivity index is 1.51. The molecular weight excluding hydrogens is 380 g/mol. The number of aliphatic hydroxyl groups excluding tert-OH is 6. The Bertz CT molecular complexity index is 614. The zero-order chi connectivity index (χ0) is 21.0. The Morgan fingerprint density at radius 3 is 2.14 bits per heavy atom. The van der Waals surface area contributed by atoms with Gasteiger partial charge in [0.2, 0.25) is 0 Å². The fourth-order valence-corrected chi connectivity index (χ4v) is 4.14. The van der Waals surface area contributed by atoms with Gasteiger partial charge in [0.15, 0.2) is 0 Å². The number of hydrogen-bond acceptors (Lipinski definition) is 8. The van der Waals surface area contributed by atoms with Crippen LogP contribution in [0.5, 0.6) is 0 Å². The fourth-order valence-electron chi connectivity index (χ4n) is 4.14. The summed E-state index contributed by atoms with van der Waals surface area (Å²) in [6.45, 7) is 0.404. The highest BCUT2D eigenvalue weighted by Gasteiger charge is 2.44. The standard InChI is InChI=1S/C21H32O8/c22-14-6-7-15(19(25)18(14)24)29-11-13-10-16(20(26)21(27)17(13)23)28-9-8-12-4-2-1-3-5-12/h1-5,13-27H,6-11H2.